The summed E-state index contributed by atoms with van der Waals surface area (Å²) < 4.78 is 26.1. The summed E-state index contributed by atoms with van der Waals surface area (Å²) in [6.07, 6.45) is 0. The normalized spacial score (nSPS) is 10.7. The molecule has 29 heavy (non-hydrogen) atoms. The number of esters is 1. The summed E-state index contributed by atoms with van der Waals surface area (Å²) in [4.78, 5) is 11.4. The van der Waals surface area contributed by atoms with Crippen LogP contribution in [0.4, 0.5) is 0 Å². The molecule has 0 aliphatic rings. The van der Waals surface area contributed by atoms with Crippen molar-refractivity contribution in [2.45, 2.75) is 6.61 Å². The molecule has 0 atom stereocenters. The van der Waals surface area contributed by atoms with Crippen molar-refractivity contribution in [3.8, 4) is 17.2 Å². The van der Waals surface area contributed by atoms with E-state index in [0.29, 0.717) is 33.0 Å². The van der Waals surface area contributed by atoms with Gasteiger partial charge in [-0.2, -0.15) is 0 Å². The van der Waals surface area contributed by atoms with Crippen molar-refractivity contribution in [3.05, 3.63) is 53.6 Å². The van der Waals surface area contributed by atoms with Gasteiger partial charge < -0.3 is 33.9 Å². The number of phenolic OH excluding ortho intramolecular Hbond substituents is 2. The number of phenols is 2. The molecule has 0 saturated carbocycles. The Morgan fingerprint density at radius 2 is 1.38 bits per heavy atom. The quantitative estimate of drug-likeness (QED) is 0.386. The smallest absolute Gasteiger partial charge is 0.338 e. The van der Waals surface area contributed by atoms with E-state index >= 15 is 0 Å². The molecule has 2 aromatic carbocycles. The zero-order valence-electron chi connectivity index (χ0n) is 16.3. The van der Waals surface area contributed by atoms with Gasteiger partial charge in [0.2, 0.25) is 5.75 Å². The van der Waals surface area contributed by atoms with Crippen LogP contribution in [0.3, 0.4) is 0 Å². The summed E-state index contributed by atoms with van der Waals surface area (Å²) in [6.45, 7) is 2.67. The van der Waals surface area contributed by atoms with E-state index in [4.69, 9.17) is 18.9 Å². The van der Waals surface area contributed by atoms with E-state index in [2.05, 4.69) is 4.74 Å². The van der Waals surface area contributed by atoms with Gasteiger partial charge in [-0.25, -0.2) is 4.79 Å². The van der Waals surface area contributed by atoms with Gasteiger partial charge in [0, 0.05) is 0 Å². The van der Waals surface area contributed by atoms with Crippen LogP contribution in [-0.4, -0.2) is 62.9 Å². The number of carbonyl (C=O) groups excluding carboxylic acids is 1. The molecular weight excluding hydrogens is 380 g/mol. The number of carbonyl (C=O) groups is 1. The molecule has 8 heteroatoms. The van der Waals surface area contributed by atoms with Crippen LogP contribution in [0.5, 0.6) is 17.2 Å². The van der Waals surface area contributed by atoms with Crippen LogP contribution < -0.4 is 4.74 Å². The fourth-order valence-corrected chi connectivity index (χ4v) is 2.39. The first kappa shape index (κ1) is 22.5. The molecule has 0 amide bonds. The molecule has 0 aliphatic heterocycles. The fraction of sp³-hybridized carbons (Fsp3) is 0.381. The number of benzene rings is 2. The Bertz CT molecular complexity index is 725. The van der Waals surface area contributed by atoms with Crippen molar-refractivity contribution in [1.82, 2.24) is 0 Å². The van der Waals surface area contributed by atoms with Crippen LogP contribution in [0, 0.1) is 0 Å². The zero-order chi connectivity index (χ0) is 20.9. The predicted molar refractivity (Wildman–Crippen MR) is 104 cm³/mol. The van der Waals surface area contributed by atoms with Gasteiger partial charge in [-0.1, -0.05) is 30.3 Å². The lowest BCUT2D eigenvalue weighted by molar-refractivity contribution is 0.00575. The molecule has 0 aliphatic carbocycles. The number of ether oxygens (including phenoxy) is 5. The molecule has 0 aromatic heterocycles. The standard InChI is InChI=1S/C21H26O8/c1-25-21(24)17-13-18(22)20(19(23)14-17)29-12-11-27-8-7-26-9-10-28-15-16-5-3-2-4-6-16/h2-6,13-14,22-23H,7-12,15H2,1H3. The van der Waals surface area contributed by atoms with Crippen molar-refractivity contribution >= 4 is 5.97 Å². The fourth-order valence-electron chi connectivity index (χ4n) is 2.39. The molecule has 2 N–H and O–H groups in total. The van der Waals surface area contributed by atoms with Gasteiger partial charge in [-0.3, -0.25) is 0 Å². The third-order valence-electron chi connectivity index (χ3n) is 3.80. The Hall–Kier alpha value is -2.81. The molecule has 0 bridgehead atoms. The molecule has 158 valence electrons. The van der Waals surface area contributed by atoms with Gasteiger partial charge in [0.1, 0.15) is 6.61 Å². The van der Waals surface area contributed by atoms with E-state index < -0.39 is 5.97 Å². The lowest BCUT2D eigenvalue weighted by atomic mass is 10.2. The van der Waals surface area contributed by atoms with Crippen molar-refractivity contribution in [2.24, 2.45) is 0 Å². The molecular formula is C21H26O8. The first-order valence-corrected chi connectivity index (χ1v) is 9.16. The summed E-state index contributed by atoms with van der Waals surface area (Å²) in [6, 6.07) is 12.2. The summed E-state index contributed by atoms with van der Waals surface area (Å²) >= 11 is 0. The molecule has 0 fully saturated rings. The third-order valence-corrected chi connectivity index (χ3v) is 3.80. The van der Waals surface area contributed by atoms with Crippen LogP contribution in [0.1, 0.15) is 15.9 Å². The van der Waals surface area contributed by atoms with Crippen LogP contribution >= 0.6 is 0 Å². The molecule has 0 heterocycles. The lowest BCUT2D eigenvalue weighted by Gasteiger charge is -2.11. The summed E-state index contributed by atoms with van der Waals surface area (Å²) in [7, 11) is 1.21. The number of rotatable bonds is 13. The Labute approximate surface area is 169 Å². The third kappa shape index (κ3) is 7.98. The van der Waals surface area contributed by atoms with E-state index in [1.165, 1.54) is 7.11 Å². The van der Waals surface area contributed by atoms with Gasteiger partial charge >= 0.3 is 5.97 Å². The predicted octanol–water partition coefficient (Wildman–Crippen LogP) is 2.51. The molecule has 0 radical (unpaired) electrons. The van der Waals surface area contributed by atoms with Gasteiger partial charge in [0.05, 0.1) is 52.3 Å². The Balaban J connectivity index is 1.51. The van der Waals surface area contributed by atoms with Gasteiger partial charge in [-0.05, 0) is 17.7 Å². The van der Waals surface area contributed by atoms with Gasteiger partial charge in [0.15, 0.2) is 11.5 Å². The van der Waals surface area contributed by atoms with E-state index in [9.17, 15) is 15.0 Å². The van der Waals surface area contributed by atoms with E-state index in [0.717, 1.165) is 17.7 Å². The number of methoxy groups -OCH3 is 1. The highest BCUT2D eigenvalue weighted by atomic mass is 16.6. The van der Waals surface area contributed by atoms with Crippen molar-refractivity contribution in [2.75, 3.05) is 46.8 Å². The SMILES string of the molecule is COC(=O)c1cc(O)c(OCCOCCOCCOCc2ccccc2)c(O)c1. The van der Waals surface area contributed by atoms with Crippen LogP contribution in [0.25, 0.3) is 0 Å². The van der Waals surface area contributed by atoms with Crippen LogP contribution in [-0.2, 0) is 25.6 Å². The van der Waals surface area contributed by atoms with Crippen molar-refractivity contribution in [3.63, 3.8) is 0 Å². The Morgan fingerprint density at radius 3 is 1.97 bits per heavy atom. The van der Waals surface area contributed by atoms with E-state index in [1.54, 1.807) is 0 Å². The zero-order valence-corrected chi connectivity index (χ0v) is 16.3. The van der Waals surface area contributed by atoms with Gasteiger partial charge in [-0.15, -0.1) is 0 Å². The minimum absolute atomic E-state index is 0.0241. The number of hydrogen-bond donors (Lipinski definition) is 2. The molecule has 8 nitrogen and oxygen atoms in total. The molecule has 2 aromatic rings. The van der Waals surface area contributed by atoms with Crippen LogP contribution in [0.15, 0.2) is 42.5 Å². The maximum absolute atomic E-state index is 11.4. The molecule has 0 spiro atoms. The topological polar surface area (TPSA) is 104 Å². The first-order chi connectivity index (χ1) is 14.1. The monoisotopic (exact) mass is 406 g/mol. The minimum atomic E-state index is -0.670. The van der Waals surface area contributed by atoms with Crippen LogP contribution in [0.2, 0.25) is 0 Å². The highest BCUT2D eigenvalue weighted by molar-refractivity contribution is 5.91. The minimum Gasteiger partial charge on any atom is -0.504 e. The molecule has 0 saturated heterocycles. The summed E-state index contributed by atoms with van der Waals surface area (Å²) in [5, 5.41) is 19.7. The summed E-state index contributed by atoms with van der Waals surface area (Å²) in [5.74, 6) is -1.50. The van der Waals surface area contributed by atoms with Crippen molar-refractivity contribution in [1.29, 1.82) is 0 Å². The average Bonchev–Trinajstić information content (AvgIpc) is 2.73. The second-order valence-corrected chi connectivity index (χ2v) is 5.95. The molecule has 2 rings (SSSR count). The lowest BCUT2D eigenvalue weighted by Crippen LogP contribution is -2.13. The maximum atomic E-state index is 11.4. The Morgan fingerprint density at radius 1 is 0.828 bits per heavy atom. The van der Waals surface area contributed by atoms with Crippen molar-refractivity contribution < 1.29 is 38.7 Å². The van der Waals surface area contributed by atoms with E-state index in [-0.39, 0.29) is 36.0 Å². The highest BCUT2D eigenvalue weighted by Crippen LogP contribution is 2.37. The summed E-state index contributed by atoms with van der Waals surface area (Å²) in [5.41, 5.74) is 1.14. The second kappa shape index (κ2) is 12.6. The maximum Gasteiger partial charge on any atom is 0.338 e. The second-order valence-electron chi connectivity index (χ2n) is 5.95. The largest absolute Gasteiger partial charge is 0.504 e. The molecule has 0 unspecified atom stereocenters. The number of aromatic hydroxyl groups is 2. The first-order valence-electron chi connectivity index (χ1n) is 9.16. The Kier molecular flexibility index (Phi) is 9.77. The highest BCUT2D eigenvalue weighted by Gasteiger charge is 2.15. The average molecular weight is 406 g/mol. The van der Waals surface area contributed by atoms with E-state index in [1.807, 2.05) is 30.3 Å². The number of hydrogen-bond acceptors (Lipinski definition) is 8. The van der Waals surface area contributed by atoms with Gasteiger partial charge in [0.25, 0.3) is 0 Å².